The van der Waals surface area contributed by atoms with Gasteiger partial charge in [-0.1, -0.05) is 5.16 Å². The van der Waals surface area contributed by atoms with Crippen LogP contribution in [0.25, 0.3) is 11.4 Å². The number of methoxy groups -OCH3 is 2. The van der Waals surface area contributed by atoms with Gasteiger partial charge in [-0.25, -0.2) is 0 Å². The first kappa shape index (κ1) is 17.0. The van der Waals surface area contributed by atoms with E-state index in [9.17, 15) is 4.79 Å². The van der Waals surface area contributed by atoms with Crippen molar-refractivity contribution in [3.63, 3.8) is 0 Å². The van der Waals surface area contributed by atoms with Crippen molar-refractivity contribution in [1.82, 2.24) is 20.0 Å². The van der Waals surface area contributed by atoms with Crippen molar-refractivity contribution < 1.29 is 18.8 Å². The van der Waals surface area contributed by atoms with Gasteiger partial charge in [0, 0.05) is 36.6 Å². The van der Waals surface area contributed by atoms with E-state index in [0.29, 0.717) is 41.9 Å². The third kappa shape index (κ3) is 3.21. The molecular formula is C19H18N4O4. The Morgan fingerprint density at radius 1 is 1.19 bits per heavy atom. The van der Waals surface area contributed by atoms with E-state index in [-0.39, 0.29) is 11.8 Å². The van der Waals surface area contributed by atoms with Gasteiger partial charge in [-0.2, -0.15) is 4.98 Å². The summed E-state index contributed by atoms with van der Waals surface area (Å²) in [6, 6.07) is 8.82. The Morgan fingerprint density at radius 3 is 2.70 bits per heavy atom. The molecule has 2 aromatic heterocycles. The van der Waals surface area contributed by atoms with Gasteiger partial charge in [0.25, 0.3) is 5.91 Å². The summed E-state index contributed by atoms with van der Waals surface area (Å²) in [6.45, 7) is 1.06. The summed E-state index contributed by atoms with van der Waals surface area (Å²) < 4.78 is 15.8. The number of nitrogens with zero attached hydrogens (tertiary/aromatic N) is 4. The van der Waals surface area contributed by atoms with Crippen LogP contribution < -0.4 is 9.47 Å². The van der Waals surface area contributed by atoms with Crippen LogP contribution >= 0.6 is 0 Å². The van der Waals surface area contributed by atoms with Crippen molar-refractivity contribution in [3.8, 4) is 22.9 Å². The highest BCUT2D eigenvalue weighted by molar-refractivity contribution is 5.95. The summed E-state index contributed by atoms with van der Waals surface area (Å²) in [4.78, 5) is 22.9. The highest BCUT2D eigenvalue weighted by Gasteiger charge is 2.36. The molecule has 1 aliphatic rings. The standard InChI is InChI=1S/C19H18N4O4/c1-25-15-6-5-12(8-16(15)26-2)19(24)23-10-14(11-23)18-21-17(22-27-18)13-4-3-7-20-9-13/h3-9,14H,10-11H2,1-2H3. The quantitative estimate of drug-likeness (QED) is 0.685. The van der Waals surface area contributed by atoms with Crippen LogP contribution in [0, 0.1) is 0 Å². The molecule has 3 aromatic rings. The van der Waals surface area contributed by atoms with E-state index in [1.807, 2.05) is 12.1 Å². The fraction of sp³-hybridized carbons (Fsp3) is 0.263. The van der Waals surface area contributed by atoms with Crippen molar-refractivity contribution in [2.24, 2.45) is 0 Å². The number of benzene rings is 1. The van der Waals surface area contributed by atoms with Crippen LogP contribution in [0.15, 0.2) is 47.2 Å². The van der Waals surface area contributed by atoms with E-state index in [4.69, 9.17) is 14.0 Å². The lowest BCUT2D eigenvalue weighted by Gasteiger charge is -2.37. The van der Waals surface area contributed by atoms with E-state index < -0.39 is 0 Å². The van der Waals surface area contributed by atoms with Gasteiger partial charge in [-0.15, -0.1) is 0 Å². The van der Waals surface area contributed by atoms with Crippen molar-refractivity contribution in [1.29, 1.82) is 0 Å². The van der Waals surface area contributed by atoms with Crippen molar-refractivity contribution in [3.05, 3.63) is 54.2 Å². The molecule has 0 N–H and O–H groups in total. The predicted molar refractivity (Wildman–Crippen MR) is 95.7 cm³/mol. The number of hydrogen-bond acceptors (Lipinski definition) is 7. The molecular weight excluding hydrogens is 348 g/mol. The minimum atomic E-state index is -0.0702. The molecule has 0 saturated carbocycles. The van der Waals surface area contributed by atoms with E-state index in [0.717, 1.165) is 5.56 Å². The first-order chi connectivity index (χ1) is 13.2. The Morgan fingerprint density at radius 2 is 2.00 bits per heavy atom. The van der Waals surface area contributed by atoms with Gasteiger partial charge in [0.05, 0.1) is 20.1 Å². The molecule has 0 radical (unpaired) electrons. The lowest BCUT2D eigenvalue weighted by Crippen LogP contribution is -2.48. The van der Waals surface area contributed by atoms with E-state index >= 15 is 0 Å². The van der Waals surface area contributed by atoms with Gasteiger partial charge in [-0.3, -0.25) is 9.78 Å². The van der Waals surface area contributed by atoms with Gasteiger partial charge in [0.2, 0.25) is 11.7 Å². The second kappa shape index (κ2) is 7.06. The minimum absolute atomic E-state index is 0.0343. The molecule has 0 unspecified atom stereocenters. The topological polar surface area (TPSA) is 90.6 Å². The highest BCUT2D eigenvalue weighted by atomic mass is 16.5. The van der Waals surface area contributed by atoms with Crippen LogP contribution in [-0.2, 0) is 0 Å². The molecule has 8 nitrogen and oxygen atoms in total. The van der Waals surface area contributed by atoms with Crippen molar-refractivity contribution >= 4 is 5.91 Å². The van der Waals surface area contributed by atoms with Crippen LogP contribution in [-0.4, -0.2) is 53.2 Å². The number of pyridine rings is 1. The van der Waals surface area contributed by atoms with E-state index in [1.165, 1.54) is 0 Å². The van der Waals surface area contributed by atoms with Crippen LogP contribution in [0.1, 0.15) is 22.2 Å². The SMILES string of the molecule is COc1ccc(C(=O)N2CC(c3nc(-c4cccnc4)no3)C2)cc1OC. The summed E-state index contributed by atoms with van der Waals surface area (Å²) in [5, 5.41) is 4.00. The van der Waals surface area contributed by atoms with Gasteiger partial charge in [0.15, 0.2) is 11.5 Å². The van der Waals surface area contributed by atoms with Gasteiger partial charge in [-0.05, 0) is 30.3 Å². The number of likely N-dealkylation sites (tertiary alicyclic amines) is 1. The summed E-state index contributed by atoms with van der Waals surface area (Å²) in [7, 11) is 3.10. The summed E-state index contributed by atoms with van der Waals surface area (Å²) in [5.74, 6) is 2.11. The van der Waals surface area contributed by atoms with Crippen LogP contribution in [0.4, 0.5) is 0 Å². The van der Waals surface area contributed by atoms with Crippen molar-refractivity contribution in [2.45, 2.75) is 5.92 Å². The molecule has 1 aromatic carbocycles. The largest absolute Gasteiger partial charge is 0.493 e. The number of aromatic nitrogens is 3. The maximum atomic E-state index is 12.7. The molecule has 0 aliphatic carbocycles. The second-order valence-corrected chi connectivity index (χ2v) is 6.17. The van der Waals surface area contributed by atoms with E-state index in [2.05, 4.69) is 15.1 Å². The molecule has 27 heavy (non-hydrogen) atoms. The first-order valence-corrected chi connectivity index (χ1v) is 8.45. The van der Waals surface area contributed by atoms with Gasteiger partial charge in [0.1, 0.15) is 0 Å². The van der Waals surface area contributed by atoms with Crippen LogP contribution in [0.3, 0.4) is 0 Å². The zero-order valence-corrected chi connectivity index (χ0v) is 15.0. The Bertz CT molecular complexity index is 951. The Kier molecular flexibility index (Phi) is 4.45. The lowest BCUT2D eigenvalue weighted by atomic mass is 9.98. The Balaban J connectivity index is 1.42. The Hall–Kier alpha value is -3.42. The maximum absolute atomic E-state index is 12.7. The Labute approximate surface area is 155 Å². The molecule has 4 rings (SSSR count). The fourth-order valence-electron chi connectivity index (χ4n) is 2.97. The number of ether oxygens (including phenoxy) is 2. The fourth-order valence-corrected chi connectivity index (χ4v) is 2.97. The number of carbonyl (C=O) groups is 1. The molecule has 1 fully saturated rings. The maximum Gasteiger partial charge on any atom is 0.254 e. The van der Waals surface area contributed by atoms with Gasteiger partial charge < -0.3 is 18.9 Å². The molecule has 0 atom stereocenters. The zero-order chi connectivity index (χ0) is 18.8. The third-order valence-corrected chi connectivity index (χ3v) is 4.51. The third-order valence-electron chi connectivity index (χ3n) is 4.51. The minimum Gasteiger partial charge on any atom is -0.493 e. The summed E-state index contributed by atoms with van der Waals surface area (Å²) in [6.07, 6.45) is 3.37. The summed E-state index contributed by atoms with van der Waals surface area (Å²) in [5.41, 5.74) is 1.35. The first-order valence-electron chi connectivity index (χ1n) is 8.45. The molecule has 138 valence electrons. The molecule has 0 spiro atoms. The molecule has 1 aliphatic heterocycles. The average Bonchev–Trinajstić information content (AvgIpc) is 3.16. The van der Waals surface area contributed by atoms with Crippen LogP contribution in [0.5, 0.6) is 11.5 Å². The normalized spacial score (nSPS) is 13.9. The number of rotatable bonds is 5. The summed E-state index contributed by atoms with van der Waals surface area (Å²) >= 11 is 0. The molecule has 1 amide bonds. The molecule has 3 heterocycles. The molecule has 1 saturated heterocycles. The smallest absolute Gasteiger partial charge is 0.254 e. The lowest BCUT2D eigenvalue weighted by molar-refractivity contribution is 0.0569. The average molecular weight is 366 g/mol. The molecule has 0 bridgehead atoms. The zero-order valence-electron chi connectivity index (χ0n) is 15.0. The number of amides is 1. The number of carbonyl (C=O) groups excluding carboxylic acids is 1. The molecule has 8 heteroatoms. The second-order valence-electron chi connectivity index (χ2n) is 6.17. The van der Waals surface area contributed by atoms with E-state index in [1.54, 1.807) is 49.7 Å². The van der Waals surface area contributed by atoms with Gasteiger partial charge >= 0.3 is 0 Å². The highest BCUT2D eigenvalue weighted by Crippen LogP contribution is 2.31. The van der Waals surface area contributed by atoms with Crippen molar-refractivity contribution in [2.75, 3.05) is 27.3 Å². The van der Waals surface area contributed by atoms with Crippen LogP contribution in [0.2, 0.25) is 0 Å². The number of hydrogen-bond donors (Lipinski definition) is 0. The predicted octanol–water partition coefficient (Wildman–Crippen LogP) is 2.39. The monoisotopic (exact) mass is 366 g/mol.